The Balaban J connectivity index is 5.83. The van der Waals surface area contributed by atoms with Crippen LogP contribution in [0.15, 0.2) is 0 Å². The first-order valence-electron chi connectivity index (χ1n) is 16.8. The molecule has 7 N–H and O–H groups in total. The highest BCUT2D eigenvalue weighted by Crippen LogP contribution is 2.29. The van der Waals surface area contributed by atoms with Gasteiger partial charge in [0, 0.05) is 6.54 Å². The van der Waals surface area contributed by atoms with Gasteiger partial charge in [-0.2, -0.15) is 0 Å². The second kappa shape index (κ2) is 24.9. The Morgan fingerprint density at radius 3 is 1.55 bits per heavy atom. The maximum Gasteiger partial charge on any atom is 0.307 e. The van der Waals surface area contributed by atoms with Crippen molar-refractivity contribution in [1.82, 2.24) is 0 Å². The molecular formula is C33H57NO13. The number of ether oxygens (including phenoxy) is 2. The molecule has 0 aliphatic heterocycles. The van der Waals surface area contributed by atoms with Gasteiger partial charge in [-0.25, -0.2) is 0 Å². The van der Waals surface area contributed by atoms with Gasteiger partial charge < -0.3 is 40.7 Å². The third kappa shape index (κ3) is 21.3. The fourth-order valence-corrected chi connectivity index (χ4v) is 5.44. The number of aliphatic hydroxyl groups is 1. The number of carboxylic acid groups (broad SMARTS) is 4. The monoisotopic (exact) mass is 675 g/mol. The first-order chi connectivity index (χ1) is 22.1. The first-order valence-corrected chi connectivity index (χ1v) is 16.8. The molecule has 0 saturated heterocycles. The van der Waals surface area contributed by atoms with E-state index in [2.05, 4.69) is 0 Å². The van der Waals surface area contributed by atoms with Crippen LogP contribution >= 0.6 is 0 Å². The lowest BCUT2D eigenvalue weighted by Gasteiger charge is -2.33. The van der Waals surface area contributed by atoms with Gasteiger partial charge in [-0.15, -0.1) is 0 Å². The van der Waals surface area contributed by atoms with Crippen LogP contribution in [0.3, 0.4) is 0 Å². The van der Waals surface area contributed by atoms with E-state index in [0.717, 1.165) is 57.8 Å². The van der Waals surface area contributed by atoms with Crippen LogP contribution in [-0.4, -0.2) is 86.2 Å². The van der Waals surface area contributed by atoms with Gasteiger partial charge in [0.05, 0.1) is 43.6 Å². The Bertz CT molecular complexity index is 972. The van der Waals surface area contributed by atoms with Gasteiger partial charge in [-0.05, 0) is 31.1 Å². The Kier molecular flexibility index (Phi) is 23.1. The van der Waals surface area contributed by atoms with E-state index >= 15 is 0 Å². The highest BCUT2D eigenvalue weighted by molar-refractivity contribution is 5.83. The summed E-state index contributed by atoms with van der Waals surface area (Å²) >= 11 is 0. The van der Waals surface area contributed by atoms with Crippen molar-refractivity contribution >= 4 is 35.8 Å². The minimum Gasteiger partial charge on any atom is -0.481 e. The maximum absolute atomic E-state index is 13.0. The molecule has 0 rings (SSSR count). The number of unbranched alkanes of at least 4 members (excludes halogenated alkanes) is 6. The van der Waals surface area contributed by atoms with E-state index in [9.17, 15) is 44.1 Å². The van der Waals surface area contributed by atoms with Crippen LogP contribution in [-0.2, 0) is 38.2 Å². The summed E-state index contributed by atoms with van der Waals surface area (Å²) in [5.74, 6) is -11.1. The standard InChI is InChI=1S/C33H57NO13/c1-4-5-13-22(3)31(47-30(41)19-24(33(44)45)17-28(38)39)26(46-29(40)18-23(32(42)43)16-27(36)37)15-21(2)12-10-8-6-7-9-11-14-25(35)20-34/h21-26,31,35H,4-20,34H2,1-3H3,(H,36,37)(H,38,39)(H,42,43)(H,44,45). The molecule has 14 nitrogen and oxygen atoms in total. The number of aliphatic carboxylic acids is 4. The molecular weight excluding hydrogens is 618 g/mol. The van der Waals surface area contributed by atoms with Gasteiger partial charge in [0.1, 0.15) is 12.2 Å². The molecule has 0 radical (unpaired) electrons. The molecule has 0 saturated carbocycles. The van der Waals surface area contributed by atoms with Crippen LogP contribution in [0.2, 0.25) is 0 Å². The average Bonchev–Trinajstić information content (AvgIpc) is 2.98. The van der Waals surface area contributed by atoms with Crippen LogP contribution < -0.4 is 5.73 Å². The summed E-state index contributed by atoms with van der Waals surface area (Å²) in [4.78, 5) is 71.5. The normalized spacial score (nSPS) is 15.8. The zero-order chi connectivity index (χ0) is 35.9. The summed E-state index contributed by atoms with van der Waals surface area (Å²) in [5, 5.41) is 46.6. The van der Waals surface area contributed by atoms with Gasteiger partial charge >= 0.3 is 35.8 Å². The smallest absolute Gasteiger partial charge is 0.307 e. The molecule has 0 aromatic carbocycles. The lowest BCUT2D eigenvalue weighted by atomic mass is 9.87. The lowest BCUT2D eigenvalue weighted by molar-refractivity contribution is -0.177. The van der Waals surface area contributed by atoms with Crippen molar-refractivity contribution in [3.8, 4) is 0 Å². The molecule has 47 heavy (non-hydrogen) atoms. The fourth-order valence-electron chi connectivity index (χ4n) is 5.44. The Morgan fingerprint density at radius 2 is 1.11 bits per heavy atom. The zero-order valence-electron chi connectivity index (χ0n) is 28.1. The summed E-state index contributed by atoms with van der Waals surface area (Å²) in [7, 11) is 0. The van der Waals surface area contributed by atoms with Gasteiger partial charge in [0.15, 0.2) is 0 Å². The topological polar surface area (TPSA) is 248 Å². The SMILES string of the molecule is CCCCC(C)C(OC(=O)CC(CC(=O)O)C(=O)O)C(CC(C)CCCCCCCCC(O)CN)OC(=O)CC(CC(=O)O)C(=O)O. The number of aliphatic hydroxyl groups excluding tert-OH is 1. The quantitative estimate of drug-likeness (QED) is 0.0480. The van der Waals surface area contributed by atoms with E-state index in [1.807, 2.05) is 13.8 Å². The number of carbonyl (C=O) groups is 6. The molecule has 0 heterocycles. The fraction of sp³-hybridized carbons (Fsp3) is 0.818. The number of carbonyl (C=O) groups excluding carboxylic acids is 2. The molecule has 0 spiro atoms. The molecule has 0 aliphatic rings. The Hall–Kier alpha value is -3.26. The molecule has 0 aromatic rings. The number of hydrogen-bond acceptors (Lipinski definition) is 10. The van der Waals surface area contributed by atoms with Gasteiger partial charge in [0.2, 0.25) is 0 Å². The third-order valence-corrected chi connectivity index (χ3v) is 8.25. The van der Waals surface area contributed by atoms with Crippen molar-refractivity contribution in [2.75, 3.05) is 6.54 Å². The van der Waals surface area contributed by atoms with Gasteiger partial charge in [0.25, 0.3) is 0 Å². The first kappa shape index (κ1) is 43.7. The van der Waals surface area contributed by atoms with Crippen molar-refractivity contribution in [3.63, 3.8) is 0 Å². The molecule has 7 atom stereocenters. The summed E-state index contributed by atoms with van der Waals surface area (Å²) < 4.78 is 11.5. The highest BCUT2D eigenvalue weighted by atomic mass is 16.6. The van der Waals surface area contributed by atoms with Crippen molar-refractivity contribution in [2.24, 2.45) is 29.4 Å². The van der Waals surface area contributed by atoms with E-state index in [-0.39, 0.29) is 24.8 Å². The number of nitrogens with two attached hydrogens (primary N) is 1. The molecule has 0 aliphatic carbocycles. The van der Waals surface area contributed by atoms with Gasteiger partial charge in [-0.1, -0.05) is 78.6 Å². The van der Waals surface area contributed by atoms with E-state index in [1.54, 1.807) is 6.92 Å². The second-order valence-electron chi connectivity index (χ2n) is 12.7. The minimum atomic E-state index is -1.53. The summed E-state index contributed by atoms with van der Waals surface area (Å²) in [5.41, 5.74) is 5.43. The molecule has 0 fully saturated rings. The summed E-state index contributed by atoms with van der Waals surface area (Å²) in [6, 6.07) is 0. The lowest BCUT2D eigenvalue weighted by Crippen LogP contribution is -2.42. The van der Waals surface area contributed by atoms with Crippen molar-refractivity contribution in [1.29, 1.82) is 0 Å². The van der Waals surface area contributed by atoms with Crippen LogP contribution in [0.5, 0.6) is 0 Å². The maximum atomic E-state index is 13.0. The van der Waals surface area contributed by atoms with E-state index in [0.29, 0.717) is 12.8 Å². The molecule has 272 valence electrons. The predicted molar refractivity (Wildman–Crippen MR) is 170 cm³/mol. The summed E-state index contributed by atoms with van der Waals surface area (Å²) in [6.07, 6.45) is 3.98. The third-order valence-electron chi connectivity index (χ3n) is 8.25. The second-order valence-corrected chi connectivity index (χ2v) is 12.7. The highest BCUT2D eigenvalue weighted by Gasteiger charge is 2.36. The zero-order valence-corrected chi connectivity index (χ0v) is 28.1. The average molecular weight is 676 g/mol. The van der Waals surface area contributed by atoms with E-state index < -0.39 is 91.6 Å². The number of hydrogen-bond donors (Lipinski definition) is 6. The Labute approximate surface area is 277 Å². The van der Waals surface area contributed by atoms with Crippen LogP contribution in [0.1, 0.15) is 124 Å². The number of esters is 2. The van der Waals surface area contributed by atoms with Crippen LogP contribution in [0.4, 0.5) is 0 Å². The van der Waals surface area contributed by atoms with Crippen LogP contribution in [0.25, 0.3) is 0 Å². The molecule has 0 bridgehead atoms. The largest absolute Gasteiger partial charge is 0.481 e. The van der Waals surface area contributed by atoms with Crippen molar-refractivity contribution in [3.05, 3.63) is 0 Å². The molecule has 14 heteroatoms. The minimum absolute atomic E-state index is 0.0276. The van der Waals surface area contributed by atoms with Gasteiger partial charge in [-0.3, -0.25) is 28.8 Å². The number of carboxylic acids is 4. The molecule has 7 unspecified atom stereocenters. The molecule has 0 amide bonds. The predicted octanol–water partition coefficient (Wildman–Crippen LogP) is 4.23. The summed E-state index contributed by atoms with van der Waals surface area (Å²) in [6.45, 7) is 5.96. The number of rotatable bonds is 29. The Morgan fingerprint density at radius 1 is 0.638 bits per heavy atom. The molecule has 0 aromatic heterocycles. The van der Waals surface area contributed by atoms with Crippen LogP contribution in [0, 0.1) is 23.7 Å². The van der Waals surface area contributed by atoms with E-state index in [1.165, 1.54) is 0 Å². The van der Waals surface area contributed by atoms with Crippen molar-refractivity contribution in [2.45, 2.75) is 142 Å². The van der Waals surface area contributed by atoms with Crippen molar-refractivity contribution < 1.29 is 63.8 Å². The van der Waals surface area contributed by atoms with E-state index in [4.69, 9.17) is 25.4 Å².